The SMILES string of the molecule is CC(C)(O)C(C)(C)OB(O)c1ccc(C(=O)NCc2ccccc2)cc1. The van der Waals surface area contributed by atoms with Crippen LogP contribution in [-0.4, -0.2) is 34.4 Å². The molecule has 0 aliphatic carbocycles. The summed E-state index contributed by atoms with van der Waals surface area (Å²) in [6.07, 6.45) is 0. The lowest BCUT2D eigenvalue weighted by Crippen LogP contribution is -2.53. The summed E-state index contributed by atoms with van der Waals surface area (Å²) in [4.78, 5) is 12.2. The van der Waals surface area contributed by atoms with Crippen LogP contribution in [0.25, 0.3) is 0 Å². The first-order valence-corrected chi connectivity index (χ1v) is 8.60. The van der Waals surface area contributed by atoms with Crippen LogP contribution in [0.1, 0.15) is 43.6 Å². The maximum absolute atomic E-state index is 12.2. The van der Waals surface area contributed by atoms with Crippen LogP contribution in [0, 0.1) is 0 Å². The molecule has 2 aromatic rings. The third-order valence-electron chi connectivity index (χ3n) is 4.63. The third kappa shape index (κ3) is 5.18. The average molecular weight is 355 g/mol. The molecule has 0 aliphatic rings. The summed E-state index contributed by atoms with van der Waals surface area (Å²) in [7, 11) is -1.20. The first-order chi connectivity index (χ1) is 12.1. The minimum Gasteiger partial charge on any atom is -0.423 e. The lowest BCUT2D eigenvalue weighted by Gasteiger charge is -2.38. The average Bonchev–Trinajstić information content (AvgIpc) is 2.59. The first kappa shape index (κ1) is 20.2. The Bertz CT molecular complexity index is 724. The van der Waals surface area contributed by atoms with Crippen molar-refractivity contribution in [3.63, 3.8) is 0 Å². The Morgan fingerprint density at radius 1 is 1.04 bits per heavy atom. The van der Waals surface area contributed by atoms with E-state index in [4.69, 9.17) is 4.65 Å². The number of rotatable bonds is 7. The maximum Gasteiger partial charge on any atom is 0.491 e. The fraction of sp³-hybridized carbons (Fsp3) is 0.350. The molecule has 0 bridgehead atoms. The van der Waals surface area contributed by atoms with Gasteiger partial charge < -0.3 is 20.1 Å². The Hall–Kier alpha value is -2.15. The molecule has 0 saturated carbocycles. The van der Waals surface area contributed by atoms with Crippen LogP contribution in [0.4, 0.5) is 0 Å². The van der Waals surface area contributed by atoms with E-state index in [1.807, 2.05) is 30.3 Å². The number of carbonyl (C=O) groups is 1. The summed E-state index contributed by atoms with van der Waals surface area (Å²) in [5.74, 6) is -0.187. The van der Waals surface area contributed by atoms with Crippen LogP contribution < -0.4 is 10.8 Å². The summed E-state index contributed by atoms with van der Waals surface area (Å²) in [5, 5.41) is 23.2. The molecular formula is C20H26BNO4. The number of amides is 1. The number of carbonyl (C=O) groups excluding carboxylic acids is 1. The molecule has 0 unspecified atom stereocenters. The zero-order valence-electron chi connectivity index (χ0n) is 15.7. The molecule has 1 amide bonds. The van der Waals surface area contributed by atoms with Gasteiger partial charge in [0.25, 0.3) is 5.91 Å². The molecule has 26 heavy (non-hydrogen) atoms. The molecule has 2 rings (SSSR count). The number of aliphatic hydroxyl groups is 1. The molecular weight excluding hydrogens is 329 g/mol. The second-order valence-electron chi connectivity index (χ2n) is 7.33. The predicted octanol–water partition coefficient (Wildman–Crippen LogP) is 1.87. The van der Waals surface area contributed by atoms with E-state index in [1.165, 1.54) is 0 Å². The van der Waals surface area contributed by atoms with Crippen LogP contribution >= 0.6 is 0 Å². The number of nitrogens with one attached hydrogen (secondary N) is 1. The minimum absolute atomic E-state index is 0.187. The summed E-state index contributed by atoms with van der Waals surface area (Å²) in [5.41, 5.74) is -0.0284. The summed E-state index contributed by atoms with van der Waals surface area (Å²) in [6.45, 7) is 7.12. The number of benzene rings is 2. The van der Waals surface area contributed by atoms with E-state index >= 15 is 0 Å². The molecule has 2 aromatic carbocycles. The highest BCUT2D eigenvalue weighted by atomic mass is 16.5. The highest BCUT2D eigenvalue weighted by Crippen LogP contribution is 2.25. The Morgan fingerprint density at radius 2 is 1.62 bits per heavy atom. The standard InChI is InChI=1S/C20H26BNO4/c1-19(2,24)20(3,4)26-21(25)17-12-10-16(11-13-17)18(23)22-14-15-8-6-5-7-9-15/h5-13,24-25H,14H2,1-4H3,(H,22,23). The van der Waals surface area contributed by atoms with Crippen LogP contribution in [0.15, 0.2) is 54.6 Å². The molecule has 0 fully saturated rings. The van der Waals surface area contributed by atoms with E-state index in [0.29, 0.717) is 17.6 Å². The van der Waals surface area contributed by atoms with E-state index < -0.39 is 18.3 Å². The van der Waals surface area contributed by atoms with Gasteiger partial charge in [0, 0.05) is 12.1 Å². The van der Waals surface area contributed by atoms with Crippen LogP contribution in [0.5, 0.6) is 0 Å². The van der Waals surface area contributed by atoms with Gasteiger partial charge in [-0.25, -0.2) is 0 Å². The molecule has 5 nitrogen and oxygen atoms in total. The van der Waals surface area contributed by atoms with Gasteiger partial charge in [-0.1, -0.05) is 42.5 Å². The molecule has 0 radical (unpaired) electrons. The van der Waals surface area contributed by atoms with Gasteiger partial charge in [-0.2, -0.15) is 0 Å². The van der Waals surface area contributed by atoms with Gasteiger partial charge in [-0.3, -0.25) is 4.79 Å². The van der Waals surface area contributed by atoms with Gasteiger partial charge in [0.1, 0.15) is 0 Å². The van der Waals surface area contributed by atoms with Crippen molar-refractivity contribution in [3.05, 3.63) is 65.7 Å². The van der Waals surface area contributed by atoms with Crippen molar-refractivity contribution in [2.75, 3.05) is 0 Å². The van der Waals surface area contributed by atoms with Crippen LogP contribution in [0.3, 0.4) is 0 Å². The molecule has 0 heterocycles. The highest BCUT2D eigenvalue weighted by Gasteiger charge is 2.39. The van der Waals surface area contributed by atoms with Gasteiger partial charge in [0.15, 0.2) is 0 Å². The van der Waals surface area contributed by atoms with Crippen molar-refractivity contribution in [1.29, 1.82) is 0 Å². The van der Waals surface area contributed by atoms with Crippen LogP contribution in [-0.2, 0) is 11.2 Å². The van der Waals surface area contributed by atoms with Crippen molar-refractivity contribution < 1.29 is 19.6 Å². The predicted molar refractivity (Wildman–Crippen MR) is 103 cm³/mol. The second kappa shape index (κ2) is 8.04. The Balaban J connectivity index is 1.97. The fourth-order valence-electron chi connectivity index (χ4n) is 2.17. The van der Waals surface area contributed by atoms with E-state index in [2.05, 4.69) is 5.32 Å². The van der Waals surface area contributed by atoms with Gasteiger partial charge in [-0.15, -0.1) is 0 Å². The molecule has 3 N–H and O–H groups in total. The minimum atomic E-state index is -1.20. The Labute approximate surface area is 155 Å². The zero-order chi connectivity index (χ0) is 19.4. The van der Waals surface area contributed by atoms with E-state index in [9.17, 15) is 14.9 Å². The van der Waals surface area contributed by atoms with Gasteiger partial charge in [0.2, 0.25) is 0 Å². The summed E-state index contributed by atoms with van der Waals surface area (Å²) < 4.78 is 5.60. The largest absolute Gasteiger partial charge is 0.491 e. The maximum atomic E-state index is 12.2. The van der Waals surface area contributed by atoms with E-state index in [1.54, 1.807) is 52.0 Å². The molecule has 138 valence electrons. The van der Waals surface area contributed by atoms with Crippen LogP contribution in [0.2, 0.25) is 0 Å². The van der Waals surface area contributed by atoms with Gasteiger partial charge >= 0.3 is 7.12 Å². The molecule has 0 atom stereocenters. The quantitative estimate of drug-likeness (QED) is 0.663. The molecule has 6 heteroatoms. The lowest BCUT2D eigenvalue weighted by molar-refractivity contribution is -0.0982. The lowest BCUT2D eigenvalue weighted by atomic mass is 9.76. The van der Waals surface area contributed by atoms with Crippen molar-refractivity contribution >= 4 is 18.5 Å². The van der Waals surface area contributed by atoms with Crippen molar-refractivity contribution in [2.45, 2.75) is 45.4 Å². The molecule has 0 aliphatic heterocycles. The van der Waals surface area contributed by atoms with Crippen molar-refractivity contribution in [2.24, 2.45) is 0 Å². The summed E-state index contributed by atoms with van der Waals surface area (Å²) >= 11 is 0. The molecule has 0 spiro atoms. The molecule has 0 aromatic heterocycles. The fourth-order valence-corrected chi connectivity index (χ4v) is 2.17. The Kier molecular flexibility index (Phi) is 6.23. The van der Waals surface area contributed by atoms with Gasteiger partial charge in [0.05, 0.1) is 11.2 Å². The van der Waals surface area contributed by atoms with E-state index in [-0.39, 0.29) is 5.91 Å². The third-order valence-corrected chi connectivity index (χ3v) is 4.63. The normalized spacial score (nSPS) is 11.9. The smallest absolute Gasteiger partial charge is 0.423 e. The second-order valence-corrected chi connectivity index (χ2v) is 7.33. The van der Waals surface area contributed by atoms with E-state index in [0.717, 1.165) is 5.56 Å². The molecule has 0 saturated heterocycles. The first-order valence-electron chi connectivity index (χ1n) is 8.60. The number of hydrogen-bond donors (Lipinski definition) is 3. The highest BCUT2D eigenvalue weighted by molar-refractivity contribution is 6.60. The van der Waals surface area contributed by atoms with Crippen molar-refractivity contribution in [1.82, 2.24) is 5.32 Å². The summed E-state index contributed by atoms with van der Waals surface area (Å²) in [6, 6.07) is 16.2. The topological polar surface area (TPSA) is 78.8 Å². The zero-order valence-corrected chi connectivity index (χ0v) is 15.7. The monoisotopic (exact) mass is 355 g/mol. The van der Waals surface area contributed by atoms with Gasteiger partial charge in [-0.05, 0) is 50.9 Å². The van der Waals surface area contributed by atoms with Crippen molar-refractivity contribution in [3.8, 4) is 0 Å². The number of hydrogen-bond acceptors (Lipinski definition) is 4. The Morgan fingerprint density at radius 3 is 2.15 bits per heavy atom.